The van der Waals surface area contributed by atoms with Crippen LogP contribution in [0.15, 0.2) is 83.7 Å². The third-order valence-corrected chi connectivity index (χ3v) is 10.2. The maximum Gasteiger partial charge on any atom is 1.00 e. The number of benzene rings is 4. The number of rotatable bonds is 17. The van der Waals surface area contributed by atoms with Gasteiger partial charge in [-0.25, -0.2) is 16.8 Å². The molecule has 31 heteroatoms. The molecule has 58 heavy (non-hydrogen) atoms. The molecule has 0 aliphatic carbocycles. The van der Waals surface area contributed by atoms with Gasteiger partial charge in [-0.15, -0.1) is 24.8 Å². The molecular weight excluding hydrogens is 1030 g/mol. The predicted octanol–water partition coefficient (Wildman–Crippen LogP) is -8.15. The minimum Gasteiger partial charge on any atom is -0.744 e. The van der Waals surface area contributed by atoms with Crippen molar-refractivity contribution < 1.29 is 193 Å². The number of fused-ring (bicyclic) bond motifs is 1. The number of carbonyl (C=O) groups is 1. The number of sulfone groups is 1. The van der Waals surface area contributed by atoms with Gasteiger partial charge in [0.05, 0.1) is 68.9 Å². The van der Waals surface area contributed by atoms with Crippen molar-refractivity contribution in [2.45, 2.75) is 21.6 Å². The van der Waals surface area contributed by atoms with E-state index < -0.39 is 82.1 Å². The Morgan fingerprint density at radius 2 is 1.52 bits per heavy atom. The van der Waals surface area contributed by atoms with Crippen LogP contribution in [0.5, 0.6) is 11.5 Å². The van der Waals surface area contributed by atoms with Crippen LogP contribution in [0.1, 0.15) is 15.9 Å². The molecule has 0 spiro atoms. The fraction of sp³-hybridized carbons (Fsp3) is 0.148. The first-order chi connectivity index (χ1) is 25.6. The number of aryl methyl sites for hydroxylation is 1. The standard InChI is InChI=1S/C27H25N5O16S4.HIP.4Na/c1-13-3-6-17(19(9-13)43-2)29-32-25-21(52(40,41)42)11-14-10-20(49-47-45-36)24(26(33)22(14)23(25)28)31-30-18-12-15(4-5-16(18)27(34)35)51(38,39)8-7-44-50-48-46-37;1-2;;;;/h3-6,9-12,33,36-37H,7-8,28H2,1-2H3,(H,34,35)(H,40,41,42);2H;;;;/q;-1;4*+1/p-4. The molecule has 3 N–H and O–H groups in total. The van der Waals surface area contributed by atoms with Crippen LogP contribution < -0.4 is 144 Å². The quantitative estimate of drug-likeness (QED) is 0.00948. The Kier molecular flexibility index (Phi) is 30.5. The zero-order valence-corrected chi connectivity index (χ0v) is 45.4. The Morgan fingerprint density at radius 1 is 0.897 bits per heavy atom. The van der Waals surface area contributed by atoms with E-state index in [0.717, 1.165) is 35.9 Å². The number of aromatic carboxylic acids is 1. The summed E-state index contributed by atoms with van der Waals surface area (Å²) in [6.45, 7) is 4.21. The summed E-state index contributed by atoms with van der Waals surface area (Å²) < 4.78 is 80.8. The van der Waals surface area contributed by atoms with Gasteiger partial charge in [0.25, 0.3) is 0 Å². The van der Waals surface area contributed by atoms with Crippen LogP contribution in [0.4, 0.5) is 28.4 Å². The Labute approximate surface area is 443 Å². The van der Waals surface area contributed by atoms with E-state index in [0.29, 0.717) is 0 Å². The molecule has 0 atom stereocenters. The molecule has 0 heterocycles. The van der Waals surface area contributed by atoms with Gasteiger partial charge in [-0.05, 0) is 60.3 Å². The summed E-state index contributed by atoms with van der Waals surface area (Å²) in [6, 6.07) is 9.22. The molecule has 0 saturated carbocycles. The summed E-state index contributed by atoms with van der Waals surface area (Å²) in [5.74, 6) is -3.13. The molecule has 0 unspecified atom stereocenters. The van der Waals surface area contributed by atoms with Crippen molar-refractivity contribution in [1.29, 1.82) is 0 Å². The van der Waals surface area contributed by atoms with Gasteiger partial charge in [-0.3, -0.25) is 14.3 Å². The number of hydrogen-bond donors (Lipinski definition) is 2. The number of nitrogen functional groups attached to an aromatic ring is 1. The second-order valence-corrected chi connectivity index (χ2v) is 14.6. The van der Waals surface area contributed by atoms with E-state index in [4.69, 9.17) is 14.7 Å². The first-order valence-corrected chi connectivity index (χ1v) is 21.9. The second-order valence-electron chi connectivity index (χ2n) is 9.87. The van der Waals surface area contributed by atoms with Crippen molar-refractivity contribution in [1.82, 2.24) is 0 Å². The van der Waals surface area contributed by atoms with E-state index in [1.165, 1.54) is 13.2 Å². The van der Waals surface area contributed by atoms with Crippen LogP contribution in [-0.2, 0) is 42.9 Å². The summed E-state index contributed by atoms with van der Waals surface area (Å²) in [5.41, 5.74) is 4.06. The van der Waals surface area contributed by atoms with Crippen LogP contribution in [0.2, 0.25) is 0 Å². The number of nitrogens with zero attached hydrogens (tertiary/aromatic N) is 4. The first kappa shape index (κ1) is 60.7. The van der Waals surface area contributed by atoms with Gasteiger partial charge in [-0.2, -0.15) is 4.33 Å². The Bertz CT molecular complexity index is 2310. The summed E-state index contributed by atoms with van der Waals surface area (Å²) in [4.78, 5) is 10.1. The fourth-order valence-corrected chi connectivity index (χ4v) is 6.95. The third-order valence-electron chi connectivity index (χ3n) is 6.67. The minimum atomic E-state index is -5.31. The summed E-state index contributed by atoms with van der Waals surface area (Å²) >= 11 is 2.15. The monoisotopic (exact) mass is 1050 g/mol. The van der Waals surface area contributed by atoms with Crippen LogP contribution >= 0.6 is 53.3 Å². The van der Waals surface area contributed by atoms with Gasteiger partial charge >= 0.3 is 118 Å². The average molecular weight is 1050 g/mol. The fourth-order valence-electron chi connectivity index (χ4n) is 4.38. The molecule has 4 aromatic rings. The topological polar surface area (TPSA) is 329 Å². The number of azo groups is 2. The molecule has 4 aromatic carbocycles. The number of anilines is 1. The molecule has 0 bridgehead atoms. The molecule has 0 aromatic heterocycles. The molecule has 0 radical (unpaired) electrons. The maximum atomic E-state index is 12.8. The zero-order chi connectivity index (χ0) is 40.2. The van der Waals surface area contributed by atoms with Crippen LogP contribution in [0, 0.1) is 6.92 Å². The zero-order valence-electron chi connectivity index (χ0n) is 31.0. The number of halogens is 1. The van der Waals surface area contributed by atoms with E-state index in [1.54, 1.807) is 19.1 Å². The van der Waals surface area contributed by atoms with E-state index in [-0.39, 0.29) is 170 Å². The first-order valence-electron chi connectivity index (χ1n) is 13.8. The minimum absolute atomic E-state index is 0. The number of phenolic OH excluding ortho intramolecular Hbond substituents is 1. The number of ether oxygens (including phenoxy) is 1. The number of phenols is 1. The number of carbonyl (C=O) groups excluding carboxylic acids is 1. The number of carboxylic acid groups (broad SMARTS) is 1. The third kappa shape index (κ3) is 16.6. The number of nitrogens with two attached hydrogens (primary N) is 1. The maximum absolute atomic E-state index is 12.8. The van der Waals surface area contributed by atoms with E-state index in [1.807, 2.05) is 22.0 Å². The molecule has 4 rings (SSSR count). The molecule has 0 fully saturated rings. The van der Waals surface area contributed by atoms with E-state index in [9.17, 15) is 46.9 Å². The average Bonchev–Trinajstić information content (AvgIpc) is 3.13. The van der Waals surface area contributed by atoms with Crippen LogP contribution in [0.25, 0.3) is 10.8 Å². The summed E-state index contributed by atoms with van der Waals surface area (Å²) in [5, 5.41) is 65.1. The van der Waals surface area contributed by atoms with Crippen molar-refractivity contribution in [2.24, 2.45) is 20.5 Å². The number of hydrogen-bond acceptors (Lipinski definition) is 23. The predicted molar refractivity (Wildman–Crippen MR) is 193 cm³/mol. The molecule has 0 amide bonds. The van der Waals surface area contributed by atoms with E-state index >= 15 is 0 Å². The van der Waals surface area contributed by atoms with Gasteiger partial charge in [0.15, 0.2) is 27.9 Å². The molecule has 21 nitrogen and oxygen atoms in total. The Hall–Kier alpha value is 0.650. The Morgan fingerprint density at radius 3 is 2.10 bits per heavy atom. The summed E-state index contributed by atoms with van der Waals surface area (Å²) in [6.07, 6.45) is 0. The van der Waals surface area contributed by atoms with Crippen molar-refractivity contribution in [3.05, 3.63) is 59.7 Å². The molecule has 0 aliphatic heterocycles. The SMILES string of the molecule is COc1cc(C)ccc1N=Nc1c(S(=O)(=O)[O-])cc2cc(SOO[O-])c(N=Nc3cc(S(=O)(=O)CCOSOO[O-])ccc3C(=O)[O-])c(O)c2c1N.[Na+].[Na+].[Na+].[Na+].[PH-]I. The number of carboxylic acids is 1. The molecule has 0 aliphatic rings. The van der Waals surface area contributed by atoms with E-state index in [2.05, 4.69) is 46.1 Å². The van der Waals surface area contributed by atoms with Crippen molar-refractivity contribution in [2.75, 3.05) is 25.2 Å². The van der Waals surface area contributed by atoms with Gasteiger partial charge in [0.1, 0.15) is 32.9 Å². The van der Waals surface area contributed by atoms with Gasteiger partial charge in [0.2, 0.25) is 0 Å². The second kappa shape index (κ2) is 29.2. The number of aromatic hydroxyl groups is 1. The molecular formula is C27H22IN5Na4O16PS4-. The van der Waals surface area contributed by atoms with Crippen LogP contribution in [0.3, 0.4) is 0 Å². The molecule has 292 valence electrons. The van der Waals surface area contributed by atoms with Crippen molar-refractivity contribution in [3.63, 3.8) is 0 Å². The van der Waals surface area contributed by atoms with Crippen molar-refractivity contribution >= 4 is 118 Å². The number of methoxy groups -OCH3 is 1. The van der Waals surface area contributed by atoms with Crippen molar-refractivity contribution in [3.8, 4) is 11.5 Å². The summed E-state index contributed by atoms with van der Waals surface area (Å²) in [7, 11) is -8.14. The Balaban J connectivity index is 0. The largest absolute Gasteiger partial charge is 1.00 e. The normalized spacial score (nSPS) is 11.2. The van der Waals surface area contributed by atoms with Gasteiger partial charge in [-0.1, -0.05) is 6.07 Å². The van der Waals surface area contributed by atoms with Crippen LogP contribution in [-0.4, -0.2) is 51.9 Å². The van der Waals surface area contributed by atoms with Gasteiger partial charge < -0.3 is 69.5 Å². The van der Waals surface area contributed by atoms with Gasteiger partial charge in [0, 0.05) is 5.56 Å². The molecule has 0 saturated heterocycles. The smallest absolute Gasteiger partial charge is 0.744 e.